The van der Waals surface area contributed by atoms with Gasteiger partial charge in [0.05, 0.1) is 12.7 Å². The summed E-state index contributed by atoms with van der Waals surface area (Å²) in [5, 5.41) is 9.07. The first-order valence-corrected chi connectivity index (χ1v) is 4.36. The molecule has 1 heterocycles. The fraction of sp³-hybridized carbons (Fsp3) is 1.00. The minimum absolute atomic E-state index is 0.0458. The van der Waals surface area contributed by atoms with Crippen LogP contribution >= 0.6 is 0 Å². The molecular weight excluding hydrogens is 151 g/mol. The van der Waals surface area contributed by atoms with Crippen LogP contribution in [-0.2, 0) is 4.74 Å². The Labute approximate surface area is 75.7 Å². The maximum absolute atomic E-state index is 9.07. The number of hydrogen-bond donors (Lipinski definition) is 1. The molecule has 1 N–H and O–H groups in total. The minimum atomic E-state index is -0.273. The molecule has 68 valence electrons. The molecule has 0 bridgehead atoms. The Bertz CT molecular complexity index is 177. The van der Waals surface area contributed by atoms with E-state index in [1.54, 1.807) is 0 Å². The molecule has 0 aliphatic carbocycles. The van der Waals surface area contributed by atoms with E-state index in [-0.39, 0.29) is 29.5 Å². The highest BCUT2D eigenvalue weighted by molar-refractivity contribution is 6.11. The van der Waals surface area contributed by atoms with Gasteiger partial charge in [0, 0.05) is 6.00 Å². The molecule has 2 radical (unpaired) electrons. The first-order chi connectivity index (χ1) is 5.34. The van der Waals surface area contributed by atoms with Crippen LogP contribution in [0.4, 0.5) is 0 Å². The number of hydrogen-bond acceptors (Lipinski definition) is 2. The van der Waals surface area contributed by atoms with Crippen molar-refractivity contribution in [1.82, 2.24) is 0 Å². The highest BCUT2D eigenvalue weighted by Crippen LogP contribution is 2.51. The zero-order valence-corrected chi connectivity index (χ0v) is 8.29. The molecule has 0 aromatic rings. The number of aliphatic hydroxyl groups is 1. The average Bonchev–Trinajstić information content (AvgIpc) is 2.10. The van der Waals surface area contributed by atoms with E-state index in [0.717, 1.165) is 0 Å². The lowest BCUT2D eigenvalue weighted by Crippen LogP contribution is -2.39. The van der Waals surface area contributed by atoms with E-state index in [1.807, 2.05) is 0 Å². The van der Waals surface area contributed by atoms with Crippen molar-refractivity contribution in [3.63, 3.8) is 0 Å². The number of ether oxygens (including phenoxy) is 1. The van der Waals surface area contributed by atoms with E-state index < -0.39 is 0 Å². The van der Waals surface area contributed by atoms with Crippen LogP contribution in [-0.4, -0.2) is 31.7 Å². The van der Waals surface area contributed by atoms with Crippen LogP contribution in [0.25, 0.3) is 0 Å². The molecule has 1 rings (SSSR count). The highest BCUT2D eigenvalue weighted by atomic mass is 16.5. The molecule has 2 atom stereocenters. The summed E-state index contributed by atoms with van der Waals surface area (Å²) in [6.45, 7) is 8.37. The zero-order chi connectivity index (χ0) is 9.57. The van der Waals surface area contributed by atoms with Gasteiger partial charge >= 0.3 is 0 Å². The van der Waals surface area contributed by atoms with Gasteiger partial charge in [0.25, 0.3) is 0 Å². The second kappa shape index (κ2) is 2.74. The Morgan fingerprint density at radius 1 is 1.25 bits per heavy atom. The summed E-state index contributed by atoms with van der Waals surface area (Å²) in [4.78, 5) is 0. The average molecular weight is 168 g/mol. The first-order valence-electron chi connectivity index (χ1n) is 4.36. The maximum Gasteiger partial charge on any atom is 0.109 e. The Balaban J connectivity index is 2.92. The fourth-order valence-corrected chi connectivity index (χ4v) is 1.57. The number of aliphatic hydroxyl groups excluding tert-OH is 1. The van der Waals surface area contributed by atoms with E-state index >= 15 is 0 Å². The second-order valence-electron chi connectivity index (χ2n) is 4.67. The van der Waals surface area contributed by atoms with Gasteiger partial charge in [-0.3, -0.25) is 0 Å². The molecule has 2 nitrogen and oxygen atoms in total. The molecular formula is C9H17BO2. The Morgan fingerprint density at radius 3 is 1.92 bits per heavy atom. The van der Waals surface area contributed by atoms with Gasteiger partial charge in [0.1, 0.15) is 7.85 Å². The van der Waals surface area contributed by atoms with Crippen molar-refractivity contribution in [2.45, 2.75) is 39.8 Å². The Morgan fingerprint density at radius 2 is 1.75 bits per heavy atom. The van der Waals surface area contributed by atoms with Crippen molar-refractivity contribution < 1.29 is 9.84 Å². The van der Waals surface area contributed by atoms with Gasteiger partial charge in [-0.15, -0.1) is 0 Å². The molecule has 0 unspecified atom stereocenters. The summed E-state index contributed by atoms with van der Waals surface area (Å²) in [6.07, 6.45) is -0.137. The third-order valence-electron chi connectivity index (χ3n) is 3.65. The molecule has 1 aliphatic rings. The van der Waals surface area contributed by atoms with Gasteiger partial charge < -0.3 is 9.84 Å². The largest absolute Gasteiger partial charge is 0.394 e. The summed E-state index contributed by atoms with van der Waals surface area (Å²) in [6, 6.07) is -0.273. The van der Waals surface area contributed by atoms with E-state index in [2.05, 4.69) is 27.7 Å². The van der Waals surface area contributed by atoms with Crippen molar-refractivity contribution in [3.05, 3.63) is 0 Å². The Hall–Kier alpha value is -0.0151. The normalized spacial score (nSPS) is 38.4. The maximum atomic E-state index is 9.07. The fourth-order valence-electron chi connectivity index (χ4n) is 1.57. The lowest BCUT2D eigenvalue weighted by molar-refractivity contribution is 0.00544. The molecule has 1 aliphatic heterocycles. The molecule has 0 saturated carbocycles. The third kappa shape index (κ3) is 1.11. The van der Waals surface area contributed by atoms with Gasteiger partial charge in [-0.25, -0.2) is 0 Å². The van der Waals surface area contributed by atoms with Crippen molar-refractivity contribution in [1.29, 1.82) is 0 Å². The first kappa shape index (κ1) is 10.1. The zero-order valence-electron chi connectivity index (χ0n) is 8.29. The van der Waals surface area contributed by atoms with Crippen LogP contribution in [0.5, 0.6) is 0 Å². The smallest absolute Gasteiger partial charge is 0.109 e. The van der Waals surface area contributed by atoms with Crippen LogP contribution in [0.15, 0.2) is 0 Å². The Kier molecular flexibility index (Phi) is 2.30. The summed E-state index contributed by atoms with van der Waals surface area (Å²) in [7, 11) is 5.82. The standard InChI is InChI=1S/C9H17BO2/c1-8(2)6(5-11)12-7(10)9(8,3)4/h6-7,11H,5H2,1-4H3/t6-,7+/m1/s1. The predicted molar refractivity (Wildman–Crippen MR) is 49.1 cm³/mol. The van der Waals surface area contributed by atoms with E-state index in [0.29, 0.717) is 0 Å². The molecule has 12 heavy (non-hydrogen) atoms. The van der Waals surface area contributed by atoms with Crippen molar-refractivity contribution in [3.8, 4) is 0 Å². The molecule has 3 heteroatoms. The van der Waals surface area contributed by atoms with Crippen molar-refractivity contribution in [2.24, 2.45) is 10.8 Å². The van der Waals surface area contributed by atoms with E-state index in [1.165, 1.54) is 0 Å². The summed E-state index contributed by atoms with van der Waals surface area (Å²) >= 11 is 0. The van der Waals surface area contributed by atoms with Crippen LogP contribution in [0.2, 0.25) is 0 Å². The number of rotatable bonds is 1. The molecule has 0 aromatic heterocycles. The quantitative estimate of drug-likeness (QED) is 0.590. The second-order valence-corrected chi connectivity index (χ2v) is 4.67. The van der Waals surface area contributed by atoms with Crippen LogP contribution in [0.3, 0.4) is 0 Å². The molecule has 0 spiro atoms. The van der Waals surface area contributed by atoms with Crippen molar-refractivity contribution in [2.75, 3.05) is 6.61 Å². The summed E-state index contributed by atoms with van der Waals surface area (Å²) < 4.78 is 5.47. The lowest BCUT2D eigenvalue weighted by atomic mass is 9.61. The summed E-state index contributed by atoms with van der Waals surface area (Å²) in [5.74, 6) is 0. The van der Waals surface area contributed by atoms with Gasteiger partial charge in [0.2, 0.25) is 0 Å². The summed E-state index contributed by atoms with van der Waals surface area (Å²) in [5.41, 5.74) is -0.151. The third-order valence-corrected chi connectivity index (χ3v) is 3.65. The predicted octanol–water partition coefficient (Wildman–Crippen LogP) is 0.924. The SMILES string of the molecule is [B][C@H]1O[C@H](CO)C(C)(C)C1(C)C. The van der Waals surface area contributed by atoms with Crippen LogP contribution < -0.4 is 0 Å². The van der Waals surface area contributed by atoms with E-state index in [4.69, 9.17) is 17.7 Å². The van der Waals surface area contributed by atoms with E-state index in [9.17, 15) is 0 Å². The monoisotopic (exact) mass is 168 g/mol. The van der Waals surface area contributed by atoms with Crippen LogP contribution in [0, 0.1) is 10.8 Å². The molecule has 1 saturated heterocycles. The van der Waals surface area contributed by atoms with Gasteiger partial charge in [0.15, 0.2) is 0 Å². The minimum Gasteiger partial charge on any atom is -0.394 e. The topological polar surface area (TPSA) is 29.5 Å². The lowest BCUT2D eigenvalue weighted by Gasteiger charge is -2.37. The van der Waals surface area contributed by atoms with Gasteiger partial charge in [-0.05, 0) is 10.8 Å². The van der Waals surface area contributed by atoms with Gasteiger partial charge in [-0.2, -0.15) is 0 Å². The van der Waals surface area contributed by atoms with Crippen LogP contribution in [0.1, 0.15) is 27.7 Å². The van der Waals surface area contributed by atoms with Gasteiger partial charge in [-0.1, -0.05) is 27.7 Å². The molecule has 0 amide bonds. The molecule has 1 fully saturated rings. The van der Waals surface area contributed by atoms with Crippen molar-refractivity contribution >= 4 is 7.85 Å². The molecule has 0 aromatic carbocycles. The highest BCUT2D eigenvalue weighted by Gasteiger charge is 2.53.